The van der Waals surface area contributed by atoms with Crippen molar-refractivity contribution in [3.63, 3.8) is 0 Å². The molecule has 2 heterocycles. The molecule has 0 aliphatic rings. The fourth-order valence-corrected chi connectivity index (χ4v) is 6.52. The smallest absolute Gasteiger partial charge is 0.307 e. The molecule has 0 bridgehead atoms. The van der Waals surface area contributed by atoms with Crippen LogP contribution in [0.15, 0.2) is 168 Å². The molecule has 2 aromatic heterocycles. The molecule has 0 saturated carbocycles. The summed E-state index contributed by atoms with van der Waals surface area (Å²) in [6, 6.07) is 57.8. The molecule has 0 unspecified atom stereocenters. The second-order valence-corrected chi connectivity index (χ2v) is 11.3. The van der Waals surface area contributed by atoms with Crippen LogP contribution in [-0.4, -0.2) is 9.55 Å². The van der Waals surface area contributed by atoms with Crippen LogP contribution in [0.2, 0.25) is 0 Å². The van der Waals surface area contributed by atoms with Gasteiger partial charge < -0.3 is 8.98 Å². The minimum Gasteiger partial charge on any atom is -0.422 e. The van der Waals surface area contributed by atoms with Crippen LogP contribution in [-0.2, 0) is 0 Å². The number of para-hydroxylation sites is 2. The molecule has 0 amide bonds. The van der Waals surface area contributed by atoms with Gasteiger partial charge in [0.15, 0.2) is 5.58 Å². The number of oxazole rings is 1. The van der Waals surface area contributed by atoms with Gasteiger partial charge in [-0.3, -0.25) is 4.90 Å². The Balaban J connectivity index is 1.29. The van der Waals surface area contributed by atoms with E-state index in [1.165, 1.54) is 10.9 Å². The number of aromatic nitrogens is 2. The first kappa shape index (κ1) is 25.4. The van der Waals surface area contributed by atoms with Gasteiger partial charge in [0.1, 0.15) is 5.52 Å². The van der Waals surface area contributed by atoms with Crippen molar-refractivity contribution in [3.8, 4) is 16.8 Å². The molecule has 7 aromatic carbocycles. The van der Waals surface area contributed by atoms with Crippen LogP contribution >= 0.6 is 0 Å². The zero-order valence-corrected chi connectivity index (χ0v) is 24.3. The third-order valence-corrected chi connectivity index (χ3v) is 8.60. The number of anilines is 3. The molecular weight excluding hydrogens is 550 g/mol. The van der Waals surface area contributed by atoms with Crippen LogP contribution in [0, 0.1) is 0 Å². The molecule has 0 radical (unpaired) electrons. The van der Waals surface area contributed by atoms with E-state index < -0.39 is 0 Å². The topological polar surface area (TPSA) is 34.2 Å². The van der Waals surface area contributed by atoms with Crippen LogP contribution in [0.1, 0.15) is 0 Å². The fraction of sp³-hybridized carbons (Fsp3) is 0. The lowest BCUT2D eigenvalue weighted by Gasteiger charge is -2.22. The molecule has 212 valence electrons. The highest BCUT2D eigenvalue weighted by molar-refractivity contribution is 6.11. The molecule has 0 fully saturated rings. The summed E-state index contributed by atoms with van der Waals surface area (Å²) >= 11 is 0. The molecule has 9 rings (SSSR count). The Morgan fingerprint density at radius 3 is 2.04 bits per heavy atom. The van der Waals surface area contributed by atoms with Gasteiger partial charge in [0.05, 0.1) is 22.4 Å². The lowest BCUT2D eigenvalue weighted by molar-refractivity contribution is 0.611. The van der Waals surface area contributed by atoms with Crippen LogP contribution in [0.25, 0.3) is 60.5 Å². The second kappa shape index (κ2) is 10.2. The van der Waals surface area contributed by atoms with Crippen molar-refractivity contribution in [2.45, 2.75) is 0 Å². The Labute approximate surface area is 260 Å². The number of hydrogen-bond donors (Lipinski definition) is 0. The first-order valence-electron chi connectivity index (χ1n) is 15.1. The lowest BCUT2D eigenvalue weighted by Crippen LogP contribution is -2.10. The Morgan fingerprint density at radius 1 is 0.489 bits per heavy atom. The average Bonchev–Trinajstić information content (AvgIpc) is 3.69. The van der Waals surface area contributed by atoms with Crippen molar-refractivity contribution in [1.82, 2.24) is 9.55 Å². The van der Waals surface area contributed by atoms with Crippen LogP contribution < -0.4 is 4.90 Å². The maximum Gasteiger partial charge on any atom is 0.307 e. The minimum absolute atomic E-state index is 0.526. The highest BCUT2D eigenvalue weighted by Crippen LogP contribution is 2.42. The van der Waals surface area contributed by atoms with Gasteiger partial charge in [0, 0.05) is 21.8 Å². The highest BCUT2D eigenvalue weighted by Gasteiger charge is 2.22. The summed E-state index contributed by atoms with van der Waals surface area (Å²) in [5, 5.41) is 4.53. The van der Waals surface area contributed by atoms with Gasteiger partial charge in [-0.25, -0.2) is 0 Å². The number of nitrogens with zero attached hydrogens (tertiary/aromatic N) is 3. The van der Waals surface area contributed by atoms with E-state index in [0.717, 1.165) is 61.0 Å². The molecule has 0 saturated heterocycles. The predicted molar refractivity (Wildman–Crippen MR) is 186 cm³/mol. The summed E-state index contributed by atoms with van der Waals surface area (Å²) in [5.74, 6) is 0. The molecule has 9 aromatic rings. The van der Waals surface area contributed by atoms with Crippen LogP contribution in [0.3, 0.4) is 0 Å². The van der Waals surface area contributed by atoms with Crippen molar-refractivity contribution >= 4 is 61.1 Å². The third kappa shape index (κ3) is 4.19. The zero-order valence-electron chi connectivity index (χ0n) is 24.3. The minimum atomic E-state index is 0.526. The van der Waals surface area contributed by atoms with Crippen LogP contribution in [0.4, 0.5) is 17.4 Å². The summed E-state index contributed by atoms with van der Waals surface area (Å²) in [5.41, 5.74) is 9.29. The molecule has 4 nitrogen and oxygen atoms in total. The van der Waals surface area contributed by atoms with E-state index in [1.54, 1.807) is 0 Å². The van der Waals surface area contributed by atoms with Gasteiger partial charge in [0.25, 0.3) is 0 Å². The van der Waals surface area contributed by atoms with Gasteiger partial charge in [0.2, 0.25) is 0 Å². The van der Waals surface area contributed by atoms with Crippen molar-refractivity contribution in [3.05, 3.63) is 164 Å². The maximum absolute atomic E-state index is 6.68. The monoisotopic (exact) mass is 577 g/mol. The van der Waals surface area contributed by atoms with Crippen molar-refractivity contribution in [2.24, 2.45) is 0 Å². The molecule has 0 spiro atoms. The van der Waals surface area contributed by atoms with Gasteiger partial charge in [-0.2, -0.15) is 4.98 Å². The quantitative estimate of drug-likeness (QED) is 0.204. The molecule has 0 N–H and O–H groups in total. The van der Waals surface area contributed by atoms with E-state index in [4.69, 9.17) is 9.40 Å². The predicted octanol–water partition coefficient (Wildman–Crippen LogP) is 11.2. The van der Waals surface area contributed by atoms with E-state index in [0.29, 0.717) is 6.01 Å². The largest absolute Gasteiger partial charge is 0.422 e. The molecular formula is C41H27N3O. The highest BCUT2D eigenvalue weighted by atomic mass is 16.4. The summed E-state index contributed by atoms with van der Waals surface area (Å²) in [6.07, 6.45) is 0. The van der Waals surface area contributed by atoms with E-state index in [1.807, 2.05) is 24.3 Å². The van der Waals surface area contributed by atoms with Crippen molar-refractivity contribution in [2.75, 3.05) is 4.90 Å². The summed E-state index contributed by atoms with van der Waals surface area (Å²) < 4.78 is 9.02. The maximum atomic E-state index is 6.68. The molecule has 0 atom stereocenters. The molecule has 4 heteroatoms. The van der Waals surface area contributed by atoms with E-state index in [-0.39, 0.29) is 0 Å². The van der Waals surface area contributed by atoms with E-state index >= 15 is 0 Å². The second-order valence-electron chi connectivity index (χ2n) is 11.3. The molecule has 0 aliphatic heterocycles. The van der Waals surface area contributed by atoms with Gasteiger partial charge in [-0.1, -0.05) is 109 Å². The fourth-order valence-electron chi connectivity index (χ4n) is 6.52. The Kier molecular flexibility index (Phi) is 5.78. The van der Waals surface area contributed by atoms with Gasteiger partial charge >= 0.3 is 6.01 Å². The first-order valence-corrected chi connectivity index (χ1v) is 15.1. The number of rotatable bonds is 5. The standard InChI is InChI=1S/C41H27N3O/c1-3-12-28(13-4-1)30-15-11-18-32(26-30)43(41-42-37-24-22-29-14-7-8-19-34(29)40(37)45-41)33-23-25-39-36(27-33)35-20-9-10-21-38(35)44(39)31-16-5-2-6-17-31/h1-27H. The van der Waals surface area contributed by atoms with Crippen molar-refractivity contribution < 1.29 is 4.42 Å². The lowest BCUT2D eigenvalue weighted by atomic mass is 10.0. The average molecular weight is 578 g/mol. The third-order valence-electron chi connectivity index (χ3n) is 8.60. The Bertz CT molecular complexity index is 2490. The summed E-state index contributed by atoms with van der Waals surface area (Å²) in [4.78, 5) is 7.20. The Hall–Kier alpha value is -6.13. The van der Waals surface area contributed by atoms with E-state index in [9.17, 15) is 0 Å². The number of hydrogen-bond acceptors (Lipinski definition) is 3. The van der Waals surface area contributed by atoms with Gasteiger partial charge in [-0.15, -0.1) is 0 Å². The molecule has 0 aliphatic carbocycles. The number of benzene rings is 7. The first-order chi connectivity index (χ1) is 22.3. The molecule has 45 heavy (non-hydrogen) atoms. The number of fused-ring (bicyclic) bond motifs is 6. The van der Waals surface area contributed by atoms with Gasteiger partial charge in [-0.05, 0) is 71.1 Å². The Morgan fingerprint density at radius 2 is 1.18 bits per heavy atom. The normalized spacial score (nSPS) is 11.6. The van der Waals surface area contributed by atoms with Crippen LogP contribution in [0.5, 0.6) is 0 Å². The van der Waals surface area contributed by atoms with E-state index in [2.05, 4.69) is 149 Å². The summed E-state index contributed by atoms with van der Waals surface area (Å²) in [6.45, 7) is 0. The zero-order chi connectivity index (χ0) is 29.7. The van der Waals surface area contributed by atoms with Crippen molar-refractivity contribution in [1.29, 1.82) is 0 Å². The summed E-state index contributed by atoms with van der Waals surface area (Å²) in [7, 11) is 0. The SMILES string of the molecule is c1ccc(-c2cccc(N(c3ccc4c(c3)c3ccccc3n4-c3ccccc3)c3nc4ccc5ccccc5c4o3)c2)cc1.